The number of anilines is 2. The molecule has 2 aromatic heterocycles. The minimum Gasteiger partial charge on any atom is -0.481 e. The molecule has 28 nitrogen and oxygen atoms in total. The van der Waals surface area contributed by atoms with E-state index in [-0.39, 0.29) is 68.6 Å². The van der Waals surface area contributed by atoms with Crippen LogP contribution in [0.4, 0.5) is 26.0 Å². The van der Waals surface area contributed by atoms with Gasteiger partial charge in [0.15, 0.2) is 11.6 Å². The lowest BCUT2D eigenvalue weighted by Crippen LogP contribution is -2.42. The summed E-state index contributed by atoms with van der Waals surface area (Å²) in [6.45, 7) is 36.1. The molecule has 10 rings (SSSR count). The lowest BCUT2D eigenvalue weighted by atomic mass is 9.98. The van der Waals surface area contributed by atoms with Crippen LogP contribution in [0, 0.1) is 51.4 Å². The number of nitrogen functional groups attached to an aromatic ring is 1. The third-order valence-electron chi connectivity index (χ3n) is 17.1. The zero-order valence-electron chi connectivity index (χ0n) is 57.5. The number of rotatable bonds is 5. The number of nitrogens with two attached hydrogens (primary N) is 1. The normalized spacial score (nSPS) is 19.7. The molecule has 8 aliphatic rings. The monoisotopic (exact) mass is 1350 g/mol. The highest BCUT2D eigenvalue weighted by Crippen LogP contribution is 2.24. The van der Waals surface area contributed by atoms with E-state index in [0.29, 0.717) is 122 Å². The minimum absolute atomic E-state index is 0. The van der Waals surface area contributed by atoms with Crippen LogP contribution in [0.1, 0.15) is 156 Å². The molecule has 0 aromatic carbocycles. The fourth-order valence-electron chi connectivity index (χ4n) is 11.1. The van der Waals surface area contributed by atoms with Crippen LogP contribution < -0.4 is 21.7 Å². The van der Waals surface area contributed by atoms with Gasteiger partial charge in [-0.2, -0.15) is 0 Å². The van der Waals surface area contributed by atoms with Gasteiger partial charge in [-0.1, -0.05) is 25.2 Å². The minimum atomic E-state index is -0.682. The Bertz CT molecular complexity index is 2550. The van der Waals surface area contributed by atoms with Crippen LogP contribution in [0.25, 0.3) is 0 Å². The van der Waals surface area contributed by atoms with Gasteiger partial charge < -0.3 is 88.3 Å². The van der Waals surface area contributed by atoms with Gasteiger partial charge in [-0.15, -0.1) is 0 Å². The number of carbonyl (C=O) groups excluding carboxylic acids is 6. The second kappa shape index (κ2) is 43.1. The molecule has 8 aliphatic heterocycles. The molecular formula is C67H120N12O16. The average molecular weight is 1350 g/mol. The smallest absolute Gasteiger partial charge is 0.410 e. The number of carbonyl (C=O) groups is 7. The molecule has 0 atom stereocenters. The average Bonchev–Trinajstić information content (AvgIpc) is 1.81. The van der Waals surface area contributed by atoms with Crippen LogP contribution in [0.2, 0.25) is 0 Å². The number of aryl methyl sites for hydroxylation is 2. The number of aliphatic carboxylic acids is 1. The first-order valence-corrected chi connectivity index (χ1v) is 33.8. The third kappa shape index (κ3) is 30.3. The summed E-state index contributed by atoms with van der Waals surface area (Å²) in [6.07, 6.45) is 9.55. The largest absolute Gasteiger partial charge is 0.481 e. The van der Waals surface area contributed by atoms with Crippen molar-refractivity contribution in [3.05, 3.63) is 22.6 Å². The molecule has 6 N–H and O–H groups in total. The molecule has 28 heteroatoms. The number of amides is 7. The molecule has 8 fully saturated rings. The SMILES string of the molecule is C.C.CC(C)(C)OC(=O)N1CCCN(C(=O)C2CCOCC2)CC1.CC(C)(C)OC(=O)N1CCCNCC1.Cc1onc(N)c1C.Cc1onc(NC(=O)N2CCCN(C(=O)C3CCOCC3)CC2)c1C.O=C(C1CCOCC1)N1CCCNCC1.O=C(O)C1CCOCC1. The lowest BCUT2D eigenvalue weighted by Gasteiger charge is -2.29. The van der Waals surface area contributed by atoms with Crippen molar-refractivity contribution in [2.75, 3.05) is 169 Å². The Labute approximate surface area is 565 Å². The van der Waals surface area contributed by atoms with Crippen LogP contribution in [0.15, 0.2) is 9.05 Å². The number of aromatic nitrogens is 2. The molecule has 544 valence electrons. The van der Waals surface area contributed by atoms with E-state index >= 15 is 0 Å². The van der Waals surface area contributed by atoms with Gasteiger partial charge in [-0.25, -0.2) is 14.4 Å². The number of nitrogens with zero attached hydrogens (tertiary/aromatic N) is 8. The standard InChI is InChI=1S/C17H26N4O4.C16H28N2O4.C11H20N2O2.C10H20N2O2.C6H10O3.C5H8N2O.2CH4/c1-12-13(2)25-19-15(12)18-17(23)21-7-3-6-20(8-9-21)16(22)14-4-10-24-11-5-14;1-16(2,3)22-15(20)18-8-4-7-17(9-10-18)14(19)13-5-11-21-12-6-13;14-11(10-2-8-15-9-3-10)13-6-1-4-12-5-7-13;1-10(2,3)14-9(13)12-7-4-5-11-6-8-12;7-6(8)5-1-3-9-4-2-5;1-3-4(2)8-7-5(3)6;;/h14H,3-11H2,1-2H3,(H,18,19,23);13H,4-12H2,1-3H3;10,12H,1-9H2;11H,4-8H2,1-3H3;5H,1-4H2,(H,7,8);1-2H3,(H2,6,7);2*1H4. The molecule has 0 aliphatic carbocycles. The molecule has 8 saturated heterocycles. The summed E-state index contributed by atoms with van der Waals surface area (Å²) in [5.41, 5.74) is 6.23. The molecule has 0 bridgehead atoms. The number of hydrogen-bond acceptors (Lipinski definition) is 20. The summed E-state index contributed by atoms with van der Waals surface area (Å²) in [5.74, 6) is 2.74. The zero-order valence-corrected chi connectivity index (χ0v) is 57.5. The van der Waals surface area contributed by atoms with Crippen molar-refractivity contribution in [1.29, 1.82) is 0 Å². The van der Waals surface area contributed by atoms with Gasteiger partial charge in [0, 0.05) is 173 Å². The second-order valence-electron chi connectivity index (χ2n) is 26.6. The highest BCUT2D eigenvalue weighted by molar-refractivity contribution is 5.89. The maximum absolute atomic E-state index is 12.6. The van der Waals surface area contributed by atoms with Crippen molar-refractivity contribution < 1.29 is 76.1 Å². The summed E-state index contributed by atoms with van der Waals surface area (Å²) < 4.78 is 41.4. The van der Waals surface area contributed by atoms with Crippen molar-refractivity contribution in [1.82, 2.24) is 50.3 Å². The van der Waals surface area contributed by atoms with Gasteiger partial charge in [0.2, 0.25) is 17.7 Å². The number of nitrogens with one attached hydrogen (secondary N) is 3. The molecular weight excluding hydrogens is 1230 g/mol. The summed E-state index contributed by atoms with van der Waals surface area (Å²) in [4.78, 5) is 94.9. The van der Waals surface area contributed by atoms with Gasteiger partial charge in [0.25, 0.3) is 0 Å². The second-order valence-corrected chi connectivity index (χ2v) is 26.6. The predicted octanol–water partition coefficient (Wildman–Crippen LogP) is 7.76. The van der Waals surface area contributed by atoms with Crippen LogP contribution in [-0.4, -0.2) is 256 Å². The Morgan fingerprint density at radius 2 is 0.779 bits per heavy atom. The van der Waals surface area contributed by atoms with E-state index in [1.54, 1.807) is 14.7 Å². The zero-order chi connectivity index (χ0) is 67.9. The van der Waals surface area contributed by atoms with Crippen molar-refractivity contribution in [2.45, 2.75) is 172 Å². The molecule has 7 amide bonds. The Morgan fingerprint density at radius 3 is 1.14 bits per heavy atom. The quantitative estimate of drug-likeness (QED) is 0.191. The van der Waals surface area contributed by atoms with Crippen LogP contribution in [0.5, 0.6) is 0 Å². The summed E-state index contributed by atoms with van der Waals surface area (Å²) >= 11 is 0. The van der Waals surface area contributed by atoms with E-state index in [0.717, 1.165) is 153 Å². The summed E-state index contributed by atoms with van der Waals surface area (Å²) in [5, 5.41) is 25.2. The van der Waals surface area contributed by atoms with Crippen molar-refractivity contribution in [3.63, 3.8) is 0 Å². The van der Waals surface area contributed by atoms with Gasteiger partial charge in [0.05, 0.1) is 5.92 Å². The molecule has 95 heavy (non-hydrogen) atoms. The Balaban J connectivity index is 0.000000308. The fraction of sp³-hybridized carbons (Fsp3) is 0.806. The summed E-state index contributed by atoms with van der Waals surface area (Å²) in [7, 11) is 0. The van der Waals surface area contributed by atoms with E-state index < -0.39 is 17.2 Å². The van der Waals surface area contributed by atoms with Gasteiger partial charge in [-0.05, 0) is 159 Å². The van der Waals surface area contributed by atoms with E-state index in [2.05, 4.69) is 26.3 Å². The Kier molecular flexibility index (Phi) is 37.6. The highest BCUT2D eigenvalue weighted by atomic mass is 16.6. The van der Waals surface area contributed by atoms with Crippen molar-refractivity contribution >= 4 is 53.5 Å². The van der Waals surface area contributed by atoms with Crippen molar-refractivity contribution in [2.24, 2.45) is 23.7 Å². The highest BCUT2D eigenvalue weighted by Gasteiger charge is 2.33. The first-order valence-electron chi connectivity index (χ1n) is 33.8. The molecule has 2 aromatic rings. The van der Waals surface area contributed by atoms with E-state index in [9.17, 15) is 33.6 Å². The number of carboxylic acid groups (broad SMARTS) is 1. The molecule has 10 heterocycles. The van der Waals surface area contributed by atoms with Crippen LogP contribution >= 0.6 is 0 Å². The van der Waals surface area contributed by atoms with Gasteiger partial charge >= 0.3 is 24.2 Å². The van der Waals surface area contributed by atoms with Gasteiger partial charge in [-0.3, -0.25) is 24.5 Å². The summed E-state index contributed by atoms with van der Waals surface area (Å²) in [6, 6.07) is -0.197. The maximum atomic E-state index is 12.6. The van der Waals surface area contributed by atoms with Gasteiger partial charge in [0.1, 0.15) is 22.7 Å². The fourth-order valence-corrected chi connectivity index (χ4v) is 11.1. The van der Waals surface area contributed by atoms with E-state index in [1.807, 2.05) is 83.9 Å². The number of ether oxygens (including phenoxy) is 6. The number of carboxylic acids is 1. The molecule has 0 radical (unpaired) electrons. The first kappa shape index (κ1) is 82.9. The number of hydrogen-bond donors (Lipinski definition) is 5. The van der Waals surface area contributed by atoms with E-state index in [1.165, 1.54) is 0 Å². The molecule has 0 unspecified atom stereocenters. The Hall–Kier alpha value is -6.33. The molecule has 0 spiro atoms. The lowest BCUT2D eigenvalue weighted by molar-refractivity contribution is -0.145. The predicted molar refractivity (Wildman–Crippen MR) is 362 cm³/mol. The molecule has 0 saturated carbocycles. The topological polar surface area (TPSA) is 329 Å². The van der Waals surface area contributed by atoms with E-state index in [4.69, 9.17) is 48.3 Å². The Morgan fingerprint density at radius 1 is 0.453 bits per heavy atom. The third-order valence-corrected chi connectivity index (χ3v) is 17.1. The van der Waals surface area contributed by atoms with Crippen LogP contribution in [-0.2, 0) is 47.6 Å². The number of urea groups is 1. The van der Waals surface area contributed by atoms with Crippen molar-refractivity contribution in [3.8, 4) is 0 Å². The van der Waals surface area contributed by atoms with Crippen LogP contribution in [0.3, 0.4) is 0 Å². The maximum Gasteiger partial charge on any atom is 0.410 e. The first-order chi connectivity index (χ1) is 44.3.